The van der Waals surface area contributed by atoms with E-state index in [1.54, 1.807) is 17.3 Å². The highest BCUT2D eigenvalue weighted by atomic mass is 16.6. The molecule has 1 saturated heterocycles. The van der Waals surface area contributed by atoms with E-state index in [0.717, 1.165) is 22.3 Å². The van der Waals surface area contributed by atoms with Crippen molar-refractivity contribution in [2.45, 2.75) is 6.92 Å². The number of nitrogens with zero attached hydrogens (tertiary/aromatic N) is 5. The number of hydrogen-bond donors (Lipinski definition) is 0. The van der Waals surface area contributed by atoms with Crippen LogP contribution in [0, 0.1) is 0 Å². The Balaban J connectivity index is 1.66. The monoisotopic (exact) mass is 363 g/mol. The van der Waals surface area contributed by atoms with Crippen LogP contribution in [0.3, 0.4) is 0 Å². The van der Waals surface area contributed by atoms with Crippen molar-refractivity contribution in [3.05, 3.63) is 48.8 Å². The van der Waals surface area contributed by atoms with Gasteiger partial charge in [0.05, 0.1) is 12.1 Å². The maximum atomic E-state index is 11.9. The van der Waals surface area contributed by atoms with Crippen LogP contribution in [0.1, 0.15) is 6.92 Å². The molecule has 1 aliphatic rings. The van der Waals surface area contributed by atoms with Crippen molar-refractivity contribution < 1.29 is 9.53 Å². The van der Waals surface area contributed by atoms with E-state index in [1.165, 1.54) is 0 Å². The molecule has 0 saturated carbocycles. The molecule has 3 aromatic rings. The number of carbonyl (C=O) groups excluding carboxylic acids is 1. The molecule has 1 amide bonds. The highest BCUT2D eigenvalue weighted by Gasteiger charge is 2.24. The predicted octanol–water partition coefficient (Wildman–Crippen LogP) is 2.97. The second-order valence-electron chi connectivity index (χ2n) is 6.30. The summed E-state index contributed by atoms with van der Waals surface area (Å²) in [7, 11) is 0. The number of para-hydroxylation sites is 1. The zero-order valence-electron chi connectivity index (χ0n) is 15.2. The summed E-state index contributed by atoms with van der Waals surface area (Å²) in [5.74, 6) is 1.55. The third kappa shape index (κ3) is 3.53. The number of carbonyl (C=O) groups is 1. The van der Waals surface area contributed by atoms with Crippen molar-refractivity contribution in [1.82, 2.24) is 19.9 Å². The van der Waals surface area contributed by atoms with Gasteiger partial charge in [-0.1, -0.05) is 12.1 Å². The number of anilines is 1. The van der Waals surface area contributed by atoms with Gasteiger partial charge in [-0.2, -0.15) is 0 Å². The molecule has 1 aromatic carbocycles. The zero-order chi connectivity index (χ0) is 18.6. The fourth-order valence-corrected chi connectivity index (χ4v) is 3.24. The fraction of sp³-hybridized carbons (Fsp3) is 0.300. The van der Waals surface area contributed by atoms with Crippen molar-refractivity contribution in [3.8, 4) is 11.4 Å². The number of ether oxygens (including phenoxy) is 1. The van der Waals surface area contributed by atoms with Crippen molar-refractivity contribution >= 4 is 22.8 Å². The van der Waals surface area contributed by atoms with Gasteiger partial charge in [0.25, 0.3) is 0 Å². The molecule has 0 bridgehead atoms. The van der Waals surface area contributed by atoms with Gasteiger partial charge in [-0.15, -0.1) is 0 Å². The van der Waals surface area contributed by atoms with Gasteiger partial charge in [0, 0.05) is 49.5 Å². The van der Waals surface area contributed by atoms with Crippen LogP contribution >= 0.6 is 0 Å². The highest BCUT2D eigenvalue weighted by Crippen LogP contribution is 2.28. The average Bonchev–Trinajstić information content (AvgIpc) is 2.74. The van der Waals surface area contributed by atoms with Crippen molar-refractivity contribution in [1.29, 1.82) is 0 Å². The van der Waals surface area contributed by atoms with E-state index < -0.39 is 0 Å². The molecule has 0 radical (unpaired) electrons. The summed E-state index contributed by atoms with van der Waals surface area (Å²) >= 11 is 0. The van der Waals surface area contributed by atoms with Crippen LogP contribution in [0.2, 0.25) is 0 Å². The number of amides is 1. The summed E-state index contributed by atoms with van der Waals surface area (Å²) in [5.41, 5.74) is 1.78. The Morgan fingerprint density at radius 3 is 2.63 bits per heavy atom. The summed E-state index contributed by atoms with van der Waals surface area (Å²) in [4.78, 5) is 29.6. The number of pyridine rings is 1. The summed E-state index contributed by atoms with van der Waals surface area (Å²) in [6, 6.07) is 11.8. The minimum Gasteiger partial charge on any atom is -0.450 e. The zero-order valence-corrected chi connectivity index (χ0v) is 15.2. The Morgan fingerprint density at radius 2 is 1.89 bits per heavy atom. The predicted molar refractivity (Wildman–Crippen MR) is 104 cm³/mol. The van der Waals surface area contributed by atoms with Gasteiger partial charge >= 0.3 is 6.09 Å². The van der Waals surface area contributed by atoms with Gasteiger partial charge in [0.1, 0.15) is 5.82 Å². The summed E-state index contributed by atoms with van der Waals surface area (Å²) < 4.78 is 5.11. The van der Waals surface area contributed by atoms with Crippen LogP contribution in [0.25, 0.3) is 22.3 Å². The van der Waals surface area contributed by atoms with E-state index in [1.807, 2.05) is 43.3 Å². The number of rotatable bonds is 3. The Labute approximate surface area is 157 Å². The smallest absolute Gasteiger partial charge is 0.409 e. The second-order valence-corrected chi connectivity index (χ2v) is 6.30. The first-order valence-corrected chi connectivity index (χ1v) is 9.10. The molecule has 0 spiro atoms. The number of aromatic nitrogens is 3. The molecule has 4 rings (SSSR count). The van der Waals surface area contributed by atoms with E-state index in [4.69, 9.17) is 14.7 Å². The van der Waals surface area contributed by atoms with Gasteiger partial charge in [0.15, 0.2) is 5.82 Å². The Kier molecular flexibility index (Phi) is 4.82. The molecule has 27 heavy (non-hydrogen) atoms. The quantitative estimate of drug-likeness (QED) is 0.712. The first-order chi connectivity index (χ1) is 13.3. The van der Waals surface area contributed by atoms with Crippen LogP contribution in [0.4, 0.5) is 10.6 Å². The second kappa shape index (κ2) is 7.57. The molecule has 3 heterocycles. The largest absolute Gasteiger partial charge is 0.450 e. The molecule has 0 unspecified atom stereocenters. The lowest BCUT2D eigenvalue weighted by molar-refractivity contribution is 0.105. The van der Waals surface area contributed by atoms with Crippen molar-refractivity contribution in [2.24, 2.45) is 0 Å². The van der Waals surface area contributed by atoms with Crippen LogP contribution in [0.5, 0.6) is 0 Å². The van der Waals surface area contributed by atoms with Gasteiger partial charge in [-0.05, 0) is 31.2 Å². The molecule has 7 heteroatoms. The Hall–Kier alpha value is -3.22. The normalized spacial score (nSPS) is 14.4. The summed E-state index contributed by atoms with van der Waals surface area (Å²) in [6.07, 6.45) is 3.26. The van der Waals surface area contributed by atoms with Crippen LogP contribution < -0.4 is 4.90 Å². The summed E-state index contributed by atoms with van der Waals surface area (Å²) in [6.45, 7) is 4.84. The van der Waals surface area contributed by atoms with Crippen LogP contribution in [-0.4, -0.2) is 58.7 Å². The number of fused-ring (bicyclic) bond motifs is 1. The topological polar surface area (TPSA) is 71.5 Å². The minimum absolute atomic E-state index is 0.249. The van der Waals surface area contributed by atoms with Crippen LogP contribution in [0.15, 0.2) is 48.8 Å². The lowest BCUT2D eigenvalue weighted by Gasteiger charge is -2.35. The molecule has 1 fully saturated rings. The van der Waals surface area contributed by atoms with E-state index in [0.29, 0.717) is 38.6 Å². The number of benzene rings is 1. The van der Waals surface area contributed by atoms with Crippen molar-refractivity contribution in [3.63, 3.8) is 0 Å². The maximum absolute atomic E-state index is 11.9. The van der Waals surface area contributed by atoms with Gasteiger partial charge in [0.2, 0.25) is 0 Å². The fourth-order valence-electron chi connectivity index (χ4n) is 3.24. The molecule has 0 atom stereocenters. The first kappa shape index (κ1) is 17.2. The number of hydrogen-bond acceptors (Lipinski definition) is 6. The SMILES string of the molecule is CCOC(=O)N1CCN(c2nc(-c3cccnc3)nc3ccccc23)CC1. The standard InChI is InChI=1S/C20H21N5O2/c1-2-27-20(26)25-12-10-24(11-13-25)19-16-7-3-4-8-17(16)22-18(23-19)15-6-5-9-21-14-15/h3-9,14H,2,10-13H2,1H3. The van der Waals surface area contributed by atoms with E-state index in [2.05, 4.69) is 9.88 Å². The van der Waals surface area contributed by atoms with E-state index in [-0.39, 0.29) is 6.09 Å². The Morgan fingerprint density at radius 1 is 1.07 bits per heavy atom. The van der Waals surface area contributed by atoms with E-state index in [9.17, 15) is 4.79 Å². The first-order valence-electron chi connectivity index (χ1n) is 9.10. The summed E-state index contributed by atoms with van der Waals surface area (Å²) in [5, 5.41) is 1.01. The van der Waals surface area contributed by atoms with Crippen LogP contribution in [-0.2, 0) is 4.74 Å². The molecule has 2 aromatic heterocycles. The van der Waals surface area contributed by atoms with Gasteiger partial charge < -0.3 is 14.5 Å². The highest BCUT2D eigenvalue weighted by molar-refractivity contribution is 5.91. The molecular formula is C20H21N5O2. The molecular weight excluding hydrogens is 342 g/mol. The average molecular weight is 363 g/mol. The molecule has 0 N–H and O–H groups in total. The van der Waals surface area contributed by atoms with Crippen molar-refractivity contribution in [2.75, 3.05) is 37.7 Å². The number of piperazine rings is 1. The minimum atomic E-state index is -0.249. The lowest BCUT2D eigenvalue weighted by Crippen LogP contribution is -2.49. The third-order valence-corrected chi connectivity index (χ3v) is 4.61. The molecule has 138 valence electrons. The Bertz CT molecular complexity index is 940. The van der Waals surface area contributed by atoms with Gasteiger partial charge in [-0.25, -0.2) is 14.8 Å². The third-order valence-electron chi connectivity index (χ3n) is 4.61. The molecule has 7 nitrogen and oxygen atoms in total. The van der Waals surface area contributed by atoms with E-state index >= 15 is 0 Å². The lowest BCUT2D eigenvalue weighted by atomic mass is 10.2. The molecule has 1 aliphatic heterocycles. The van der Waals surface area contributed by atoms with Gasteiger partial charge in [-0.3, -0.25) is 4.98 Å². The molecule has 0 aliphatic carbocycles. The maximum Gasteiger partial charge on any atom is 0.409 e.